The Labute approximate surface area is 160 Å². The number of hydrogen-bond acceptors (Lipinski definition) is 3. The number of amides is 1. The molecule has 2 aromatic carbocycles. The third kappa shape index (κ3) is 4.41. The molecule has 144 valence electrons. The van der Waals surface area contributed by atoms with Gasteiger partial charge in [-0.1, -0.05) is 25.1 Å². The summed E-state index contributed by atoms with van der Waals surface area (Å²) in [6.45, 7) is 8.42. The van der Waals surface area contributed by atoms with Crippen molar-refractivity contribution >= 4 is 11.6 Å². The van der Waals surface area contributed by atoms with Crippen molar-refractivity contribution < 1.29 is 13.9 Å². The lowest BCUT2D eigenvalue weighted by Gasteiger charge is -2.37. The number of aryl methyl sites for hydroxylation is 2. The van der Waals surface area contributed by atoms with Crippen LogP contribution >= 0.6 is 0 Å². The highest BCUT2D eigenvalue weighted by molar-refractivity contribution is 5.81. The van der Waals surface area contributed by atoms with Crippen LogP contribution in [0.15, 0.2) is 42.5 Å². The van der Waals surface area contributed by atoms with Crippen LogP contribution in [0.1, 0.15) is 24.5 Å². The Morgan fingerprint density at radius 2 is 1.78 bits per heavy atom. The molecule has 2 aromatic rings. The minimum absolute atomic E-state index is 0.00362. The van der Waals surface area contributed by atoms with Crippen LogP contribution in [0.4, 0.5) is 10.1 Å². The number of rotatable bonds is 5. The number of hydrogen-bond donors (Lipinski definition) is 0. The number of benzene rings is 2. The van der Waals surface area contributed by atoms with Gasteiger partial charge in [-0.3, -0.25) is 4.79 Å². The number of halogens is 1. The zero-order valence-electron chi connectivity index (χ0n) is 16.2. The second-order valence-electron chi connectivity index (χ2n) is 7.02. The Bertz CT molecular complexity index is 801. The van der Waals surface area contributed by atoms with E-state index in [0.717, 1.165) is 11.3 Å². The summed E-state index contributed by atoms with van der Waals surface area (Å²) in [4.78, 5) is 16.7. The van der Waals surface area contributed by atoms with Gasteiger partial charge < -0.3 is 14.5 Å². The molecule has 0 saturated carbocycles. The van der Waals surface area contributed by atoms with Gasteiger partial charge in [-0.15, -0.1) is 0 Å². The van der Waals surface area contributed by atoms with E-state index in [1.807, 2.05) is 47.9 Å². The van der Waals surface area contributed by atoms with Gasteiger partial charge in [0.1, 0.15) is 11.6 Å². The first kappa shape index (κ1) is 19.2. The van der Waals surface area contributed by atoms with E-state index < -0.39 is 6.10 Å². The Morgan fingerprint density at radius 1 is 1.07 bits per heavy atom. The third-order valence-corrected chi connectivity index (χ3v) is 5.19. The predicted octanol–water partition coefficient (Wildman–Crippen LogP) is 3.95. The molecule has 1 unspecified atom stereocenters. The van der Waals surface area contributed by atoms with Gasteiger partial charge in [0.15, 0.2) is 6.10 Å². The van der Waals surface area contributed by atoms with Crippen molar-refractivity contribution in [2.75, 3.05) is 31.1 Å². The first-order valence-electron chi connectivity index (χ1n) is 9.51. The summed E-state index contributed by atoms with van der Waals surface area (Å²) in [7, 11) is 0. The summed E-state index contributed by atoms with van der Waals surface area (Å²) < 4.78 is 20.0. The standard InChI is InChI=1S/C22H27FN2O2/c1-4-21(27-18-10-9-16(2)17(3)15-18)22(26)25-13-11-24(12-14-25)20-8-6-5-7-19(20)23/h5-10,15,21H,4,11-14H2,1-3H3. The minimum atomic E-state index is -0.493. The molecule has 1 aliphatic heterocycles. The topological polar surface area (TPSA) is 32.8 Å². The number of nitrogens with zero attached hydrogens (tertiary/aromatic N) is 2. The van der Waals surface area contributed by atoms with Crippen LogP contribution < -0.4 is 9.64 Å². The molecular weight excluding hydrogens is 343 g/mol. The second-order valence-corrected chi connectivity index (χ2v) is 7.02. The molecule has 1 amide bonds. The zero-order chi connectivity index (χ0) is 19.4. The van der Waals surface area contributed by atoms with Gasteiger partial charge in [0.25, 0.3) is 5.91 Å². The predicted molar refractivity (Wildman–Crippen MR) is 106 cm³/mol. The summed E-state index contributed by atoms with van der Waals surface area (Å²) in [6, 6.07) is 12.7. The maximum Gasteiger partial charge on any atom is 0.263 e. The van der Waals surface area contributed by atoms with Crippen molar-refractivity contribution in [1.29, 1.82) is 0 Å². The number of piperazine rings is 1. The molecule has 1 fully saturated rings. The molecule has 1 atom stereocenters. The van der Waals surface area contributed by atoms with Crippen molar-refractivity contribution in [2.24, 2.45) is 0 Å². The Morgan fingerprint density at radius 3 is 2.41 bits per heavy atom. The minimum Gasteiger partial charge on any atom is -0.481 e. The second kappa shape index (κ2) is 8.42. The molecule has 4 nitrogen and oxygen atoms in total. The summed E-state index contributed by atoms with van der Waals surface area (Å²) in [5.74, 6) is 0.508. The quantitative estimate of drug-likeness (QED) is 0.799. The van der Waals surface area contributed by atoms with Crippen molar-refractivity contribution in [1.82, 2.24) is 4.90 Å². The smallest absolute Gasteiger partial charge is 0.263 e. The lowest BCUT2D eigenvalue weighted by Crippen LogP contribution is -2.52. The normalized spacial score (nSPS) is 15.6. The third-order valence-electron chi connectivity index (χ3n) is 5.19. The van der Waals surface area contributed by atoms with Crippen molar-refractivity contribution in [2.45, 2.75) is 33.3 Å². The van der Waals surface area contributed by atoms with E-state index in [1.165, 1.54) is 11.6 Å². The fourth-order valence-electron chi connectivity index (χ4n) is 3.34. The van der Waals surface area contributed by atoms with Gasteiger partial charge in [-0.2, -0.15) is 0 Å². The van der Waals surface area contributed by atoms with Gasteiger partial charge in [-0.25, -0.2) is 4.39 Å². The molecule has 0 radical (unpaired) electrons. The van der Waals surface area contributed by atoms with Gasteiger partial charge in [0.05, 0.1) is 5.69 Å². The monoisotopic (exact) mass is 370 g/mol. The van der Waals surface area contributed by atoms with E-state index in [2.05, 4.69) is 6.92 Å². The highest BCUT2D eigenvalue weighted by atomic mass is 19.1. The van der Waals surface area contributed by atoms with Crippen LogP contribution in [0, 0.1) is 19.7 Å². The zero-order valence-corrected chi connectivity index (χ0v) is 16.2. The van der Waals surface area contributed by atoms with Gasteiger partial charge >= 0.3 is 0 Å². The number of anilines is 1. The first-order valence-corrected chi connectivity index (χ1v) is 9.51. The molecule has 1 heterocycles. The molecule has 27 heavy (non-hydrogen) atoms. The Balaban J connectivity index is 1.61. The van der Waals surface area contributed by atoms with Crippen molar-refractivity contribution in [3.8, 4) is 5.75 Å². The number of ether oxygens (including phenoxy) is 1. The molecule has 0 aromatic heterocycles. The maximum atomic E-state index is 14.0. The van der Waals surface area contributed by atoms with Crippen LogP contribution in [0.3, 0.4) is 0 Å². The van der Waals surface area contributed by atoms with E-state index in [9.17, 15) is 9.18 Å². The van der Waals surface area contributed by atoms with Crippen molar-refractivity contribution in [3.05, 3.63) is 59.4 Å². The lowest BCUT2D eigenvalue weighted by atomic mass is 10.1. The lowest BCUT2D eigenvalue weighted by molar-refractivity contribution is -0.139. The Kier molecular flexibility index (Phi) is 5.99. The molecule has 5 heteroatoms. The fourth-order valence-corrected chi connectivity index (χ4v) is 3.34. The number of carbonyl (C=O) groups excluding carboxylic acids is 1. The summed E-state index contributed by atoms with van der Waals surface area (Å²) in [5, 5.41) is 0. The Hall–Kier alpha value is -2.56. The molecule has 0 bridgehead atoms. The van der Waals surface area contributed by atoms with Crippen molar-refractivity contribution in [3.63, 3.8) is 0 Å². The SMILES string of the molecule is CCC(Oc1ccc(C)c(C)c1)C(=O)N1CCN(c2ccccc2F)CC1. The molecular formula is C22H27FN2O2. The number of para-hydroxylation sites is 1. The molecule has 0 N–H and O–H groups in total. The van der Waals surface area contributed by atoms with Crippen LogP contribution in [0.2, 0.25) is 0 Å². The first-order chi connectivity index (χ1) is 13.0. The average Bonchev–Trinajstić information content (AvgIpc) is 2.69. The van der Waals surface area contributed by atoms with E-state index in [-0.39, 0.29) is 11.7 Å². The maximum absolute atomic E-state index is 14.0. The van der Waals surface area contributed by atoms with E-state index in [0.29, 0.717) is 38.3 Å². The van der Waals surface area contributed by atoms with Crippen LogP contribution in [-0.4, -0.2) is 43.1 Å². The van der Waals surface area contributed by atoms with E-state index >= 15 is 0 Å². The van der Waals surface area contributed by atoms with Crippen LogP contribution in [0.25, 0.3) is 0 Å². The summed E-state index contributed by atoms with van der Waals surface area (Å²) in [5.41, 5.74) is 2.95. The average molecular weight is 370 g/mol. The number of carbonyl (C=O) groups is 1. The highest BCUT2D eigenvalue weighted by Crippen LogP contribution is 2.22. The van der Waals surface area contributed by atoms with Gasteiger partial charge in [0.2, 0.25) is 0 Å². The molecule has 0 aliphatic carbocycles. The summed E-state index contributed by atoms with van der Waals surface area (Å²) >= 11 is 0. The molecule has 3 rings (SSSR count). The van der Waals surface area contributed by atoms with Gasteiger partial charge in [0, 0.05) is 26.2 Å². The molecule has 1 aliphatic rings. The van der Waals surface area contributed by atoms with E-state index in [1.54, 1.807) is 12.1 Å². The molecule has 0 spiro atoms. The summed E-state index contributed by atoms with van der Waals surface area (Å²) in [6.07, 6.45) is 0.117. The van der Waals surface area contributed by atoms with E-state index in [4.69, 9.17) is 4.74 Å². The molecule has 1 saturated heterocycles. The van der Waals surface area contributed by atoms with Gasteiger partial charge in [-0.05, 0) is 55.7 Å². The van der Waals surface area contributed by atoms with Crippen LogP contribution in [-0.2, 0) is 4.79 Å². The fraction of sp³-hybridized carbons (Fsp3) is 0.409. The largest absolute Gasteiger partial charge is 0.481 e. The highest BCUT2D eigenvalue weighted by Gasteiger charge is 2.28. The van der Waals surface area contributed by atoms with Crippen LogP contribution in [0.5, 0.6) is 5.75 Å².